The zero-order valence-electron chi connectivity index (χ0n) is 11.7. The molecule has 1 aliphatic rings. The van der Waals surface area contributed by atoms with Gasteiger partial charge in [0.25, 0.3) is 11.8 Å². The predicted molar refractivity (Wildman–Crippen MR) is 85.5 cm³/mol. The van der Waals surface area contributed by atoms with Crippen LogP contribution in [0.15, 0.2) is 24.3 Å². The van der Waals surface area contributed by atoms with Gasteiger partial charge in [-0.25, -0.2) is 8.78 Å². The molecule has 2 amide bonds. The van der Waals surface area contributed by atoms with E-state index in [1.54, 1.807) is 12.1 Å². The summed E-state index contributed by atoms with van der Waals surface area (Å²) in [4.78, 5) is 24.8. The second-order valence-electron chi connectivity index (χ2n) is 4.55. The Hall–Kier alpha value is -1.54. The van der Waals surface area contributed by atoms with Gasteiger partial charge in [-0.1, -0.05) is 43.0 Å². The Morgan fingerprint density at radius 3 is 2.32 bits per heavy atom. The van der Waals surface area contributed by atoms with Crippen molar-refractivity contribution < 1.29 is 18.4 Å². The summed E-state index contributed by atoms with van der Waals surface area (Å²) in [5.41, 5.74) is 0.417. The molecule has 1 aliphatic heterocycles. The topological polar surface area (TPSA) is 49.4 Å². The van der Waals surface area contributed by atoms with Gasteiger partial charge in [0.05, 0.1) is 17.7 Å². The first-order valence-corrected chi connectivity index (χ1v) is 8.01. The van der Waals surface area contributed by atoms with Crippen molar-refractivity contribution >= 4 is 40.1 Å². The van der Waals surface area contributed by atoms with Gasteiger partial charge in [-0.3, -0.25) is 14.5 Å². The Morgan fingerprint density at radius 1 is 1.27 bits per heavy atom. The van der Waals surface area contributed by atoms with Gasteiger partial charge >= 0.3 is 0 Å². The number of nitrogens with one attached hydrogen (secondary N) is 1. The fourth-order valence-electron chi connectivity index (χ4n) is 2.05. The number of alkyl halides is 2. The van der Waals surface area contributed by atoms with Crippen LogP contribution in [0.4, 0.5) is 8.78 Å². The third kappa shape index (κ3) is 3.44. The maximum atomic E-state index is 14.0. The average molecular weight is 344 g/mol. The SMILES string of the molecule is CCSC(=S)NC(F)C(F)CN1C(=O)c2ccccc2C1=O. The Morgan fingerprint density at radius 2 is 1.82 bits per heavy atom. The summed E-state index contributed by atoms with van der Waals surface area (Å²) >= 11 is 6.01. The number of carbonyl (C=O) groups excluding carboxylic acids is 2. The molecular weight excluding hydrogens is 330 g/mol. The van der Waals surface area contributed by atoms with Crippen LogP contribution in [0.3, 0.4) is 0 Å². The van der Waals surface area contributed by atoms with Crippen molar-refractivity contribution in [3.8, 4) is 0 Å². The maximum Gasteiger partial charge on any atom is 0.261 e. The first-order valence-electron chi connectivity index (χ1n) is 6.62. The Bertz CT molecular complexity index is 577. The summed E-state index contributed by atoms with van der Waals surface area (Å²) in [7, 11) is 0. The zero-order chi connectivity index (χ0) is 16.3. The molecule has 0 fully saturated rings. The number of fused-ring (bicyclic) bond motifs is 1. The van der Waals surface area contributed by atoms with E-state index < -0.39 is 30.8 Å². The normalized spacial score (nSPS) is 16.4. The van der Waals surface area contributed by atoms with E-state index in [1.807, 2.05) is 6.92 Å². The van der Waals surface area contributed by atoms with Gasteiger partial charge in [-0.05, 0) is 17.9 Å². The Labute approximate surface area is 136 Å². The number of thioether (sulfide) groups is 1. The van der Waals surface area contributed by atoms with Gasteiger partial charge in [0.15, 0.2) is 6.17 Å². The predicted octanol–water partition coefficient (Wildman–Crippen LogP) is 2.54. The summed E-state index contributed by atoms with van der Waals surface area (Å²) in [5, 5.41) is 2.21. The number of halogens is 2. The van der Waals surface area contributed by atoms with Gasteiger partial charge in [-0.2, -0.15) is 0 Å². The standard InChI is InChI=1S/C14H14F2N2O2S2/c1-2-22-14(21)17-11(16)10(15)7-18-12(19)8-5-3-4-6-9(8)13(18)20/h3-6,10-11H,2,7H2,1H3,(H,17,21). The van der Waals surface area contributed by atoms with Crippen molar-refractivity contribution in [1.29, 1.82) is 0 Å². The van der Waals surface area contributed by atoms with E-state index in [9.17, 15) is 18.4 Å². The minimum absolute atomic E-state index is 0.139. The molecule has 1 N–H and O–H groups in total. The number of nitrogens with zero attached hydrogens (tertiary/aromatic N) is 1. The number of carbonyl (C=O) groups is 2. The van der Waals surface area contributed by atoms with Crippen LogP contribution in [-0.4, -0.2) is 45.8 Å². The number of rotatable bonds is 5. The molecule has 0 aliphatic carbocycles. The summed E-state index contributed by atoms with van der Waals surface area (Å²) in [5.74, 6) is -0.588. The molecule has 4 nitrogen and oxygen atoms in total. The molecule has 1 aromatic rings. The number of hydrogen-bond donors (Lipinski definition) is 1. The van der Waals surface area contributed by atoms with Gasteiger partial charge in [0.2, 0.25) is 6.30 Å². The second-order valence-corrected chi connectivity index (χ2v) is 6.49. The molecule has 1 heterocycles. The molecule has 8 heteroatoms. The number of amides is 2. The lowest BCUT2D eigenvalue weighted by molar-refractivity contribution is 0.0547. The highest BCUT2D eigenvalue weighted by molar-refractivity contribution is 8.22. The fraction of sp³-hybridized carbons (Fsp3) is 0.357. The third-order valence-corrected chi connectivity index (χ3v) is 4.22. The summed E-state index contributed by atoms with van der Waals surface area (Å²) in [6.45, 7) is 1.18. The molecule has 0 radical (unpaired) electrons. The van der Waals surface area contributed by atoms with Crippen molar-refractivity contribution in [3.05, 3.63) is 35.4 Å². The highest BCUT2D eigenvalue weighted by Gasteiger charge is 2.38. The number of imide groups is 1. The van der Waals surface area contributed by atoms with Crippen LogP contribution in [0.5, 0.6) is 0 Å². The lowest BCUT2D eigenvalue weighted by atomic mass is 10.1. The minimum Gasteiger partial charge on any atom is -0.339 e. The smallest absolute Gasteiger partial charge is 0.261 e. The van der Waals surface area contributed by atoms with E-state index in [4.69, 9.17) is 12.2 Å². The van der Waals surface area contributed by atoms with Crippen molar-refractivity contribution in [2.45, 2.75) is 19.4 Å². The molecule has 0 bridgehead atoms. The van der Waals surface area contributed by atoms with Gasteiger partial charge in [0, 0.05) is 0 Å². The molecule has 22 heavy (non-hydrogen) atoms. The lowest BCUT2D eigenvalue weighted by Crippen LogP contribution is -2.44. The number of hydrogen-bond acceptors (Lipinski definition) is 4. The Balaban J connectivity index is 2.01. The quantitative estimate of drug-likeness (QED) is 0.505. The zero-order valence-corrected chi connectivity index (χ0v) is 13.3. The van der Waals surface area contributed by atoms with Crippen LogP contribution in [0.25, 0.3) is 0 Å². The minimum atomic E-state index is -2.07. The lowest BCUT2D eigenvalue weighted by Gasteiger charge is -2.20. The van der Waals surface area contributed by atoms with E-state index in [0.29, 0.717) is 5.75 Å². The van der Waals surface area contributed by atoms with E-state index in [1.165, 1.54) is 23.9 Å². The van der Waals surface area contributed by atoms with Crippen LogP contribution >= 0.6 is 24.0 Å². The van der Waals surface area contributed by atoms with Gasteiger partial charge < -0.3 is 5.32 Å². The van der Waals surface area contributed by atoms with Crippen LogP contribution in [0, 0.1) is 0 Å². The molecule has 0 saturated heterocycles. The fourth-order valence-corrected chi connectivity index (χ4v) is 2.97. The van der Waals surface area contributed by atoms with Crippen molar-refractivity contribution in [1.82, 2.24) is 10.2 Å². The van der Waals surface area contributed by atoms with Crippen molar-refractivity contribution in [3.63, 3.8) is 0 Å². The summed E-state index contributed by atoms with van der Waals surface area (Å²) in [6.07, 6.45) is -4.13. The molecule has 2 unspecified atom stereocenters. The van der Waals surface area contributed by atoms with E-state index >= 15 is 0 Å². The molecular formula is C14H14F2N2O2S2. The molecule has 2 atom stereocenters. The van der Waals surface area contributed by atoms with Crippen LogP contribution in [0.1, 0.15) is 27.6 Å². The summed E-state index contributed by atoms with van der Waals surface area (Å²) in [6, 6.07) is 6.20. The third-order valence-electron chi connectivity index (χ3n) is 3.08. The molecule has 1 aromatic carbocycles. The first-order chi connectivity index (χ1) is 10.5. The van der Waals surface area contributed by atoms with Crippen molar-refractivity contribution in [2.24, 2.45) is 0 Å². The number of benzene rings is 1. The van der Waals surface area contributed by atoms with Gasteiger partial charge in [0.1, 0.15) is 4.32 Å². The maximum absolute atomic E-state index is 14.0. The summed E-state index contributed by atoms with van der Waals surface area (Å²) < 4.78 is 27.9. The molecule has 0 aromatic heterocycles. The van der Waals surface area contributed by atoms with Gasteiger partial charge in [-0.15, -0.1) is 0 Å². The van der Waals surface area contributed by atoms with E-state index in [0.717, 1.165) is 4.90 Å². The average Bonchev–Trinajstić information content (AvgIpc) is 2.73. The highest BCUT2D eigenvalue weighted by Crippen LogP contribution is 2.23. The van der Waals surface area contributed by atoms with Crippen LogP contribution in [0.2, 0.25) is 0 Å². The number of thiocarbonyl (C=S) groups is 1. The molecule has 0 spiro atoms. The Kier molecular flexibility index (Phi) is 5.47. The second kappa shape index (κ2) is 7.15. The van der Waals surface area contributed by atoms with Crippen LogP contribution in [-0.2, 0) is 0 Å². The van der Waals surface area contributed by atoms with E-state index in [2.05, 4.69) is 5.32 Å². The molecule has 118 valence electrons. The highest BCUT2D eigenvalue weighted by atomic mass is 32.2. The molecule has 2 rings (SSSR count). The monoisotopic (exact) mass is 344 g/mol. The van der Waals surface area contributed by atoms with Crippen LogP contribution < -0.4 is 5.32 Å². The molecule has 0 saturated carbocycles. The van der Waals surface area contributed by atoms with Crippen molar-refractivity contribution in [2.75, 3.05) is 12.3 Å². The first kappa shape index (κ1) is 16.8. The van der Waals surface area contributed by atoms with E-state index in [-0.39, 0.29) is 15.4 Å². The largest absolute Gasteiger partial charge is 0.339 e.